The second-order valence-corrected chi connectivity index (χ2v) is 9.93. The molecular weight excluding hydrogens is 474 g/mol. The maximum atomic E-state index is 13.9. The molecule has 0 radical (unpaired) electrons. The van der Waals surface area contributed by atoms with Crippen LogP contribution in [-0.4, -0.2) is 29.8 Å². The van der Waals surface area contributed by atoms with E-state index in [1.54, 1.807) is 25.6 Å². The smallest absolute Gasteiger partial charge is 0.277 e. The molecule has 6 rings (SSSR count). The van der Waals surface area contributed by atoms with Crippen LogP contribution in [0.1, 0.15) is 40.7 Å². The fourth-order valence-corrected chi connectivity index (χ4v) is 6.26. The summed E-state index contributed by atoms with van der Waals surface area (Å²) in [6.07, 6.45) is 1.08. The van der Waals surface area contributed by atoms with Gasteiger partial charge in [0.25, 0.3) is 5.56 Å². The number of anilines is 1. The van der Waals surface area contributed by atoms with Crippen LogP contribution in [0.3, 0.4) is 0 Å². The van der Waals surface area contributed by atoms with Gasteiger partial charge >= 0.3 is 0 Å². The van der Waals surface area contributed by atoms with Crippen LogP contribution in [0, 0.1) is 0 Å². The highest BCUT2D eigenvalue weighted by Crippen LogP contribution is 2.50. The Balaban J connectivity index is 1.58. The fraction of sp³-hybridized carbons (Fsp3) is 0.214. The van der Waals surface area contributed by atoms with Gasteiger partial charge in [-0.1, -0.05) is 36.4 Å². The number of thiophene rings is 1. The molecule has 0 spiro atoms. The number of para-hydroxylation sites is 2. The van der Waals surface area contributed by atoms with Crippen molar-refractivity contribution >= 4 is 22.9 Å². The first-order valence-electron chi connectivity index (χ1n) is 11.8. The molecule has 0 bridgehead atoms. The molecule has 7 nitrogen and oxygen atoms in total. The molecule has 0 amide bonds. The standard InChI is InChI=1S/C28H25N3O4S/c1-34-21-11-6-10-18(26(21)35-2)23-24-19(14-16(15-20(24)32)22-12-7-13-36-22)29-27-25(23)28(33)31(30-27)17-8-4-3-5-9-17/h3-13,16,23,29-30H,14-15H2,1-2H3/t16-,23-/m1/s1. The van der Waals surface area contributed by atoms with Gasteiger partial charge in [-0.05, 0) is 36.1 Å². The Bertz CT molecular complexity index is 1530. The van der Waals surface area contributed by atoms with E-state index in [-0.39, 0.29) is 17.3 Å². The van der Waals surface area contributed by atoms with Crippen molar-refractivity contribution in [3.63, 3.8) is 0 Å². The predicted molar refractivity (Wildman–Crippen MR) is 140 cm³/mol. The van der Waals surface area contributed by atoms with Crippen LogP contribution < -0.4 is 20.3 Å². The summed E-state index contributed by atoms with van der Waals surface area (Å²) in [5, 5.41) is 8.73. The van der Waals surface area contributed by atoms with Gasteiger partial charge in [0, 0.05) is 34.0 Å². The summed E-state index contributed by atoms with van der Waals surface area (Å²) in [5.74, 6) is 1.21. The van der Waals surface area contributed by atoms with Gasteiger partial charge in [-0.2, -0.15) is 0 Å². The van der Waals surface area contributed by atoms with E-state index < -0.39 is 5.92 Å². The molecule has 3 heterocycles. The van der Waals surface area contributed by atoms with Gasteiger partial charge < -0.3 is 14.8 Å². The third-order valence-corrected chi connectivity index (χ3v) is 8.03. The van der Waals surface area contributed by atoms with Gasteiger partial charge in [-0.3, -0.25) is 14.7 Å². The van der Waals surface area contributed by atoms with Crippen molar-refractivity contribution < 1.29 is 14.3 Å². The number of ether oxygens (including phenoxy) is 2. The highest BCUT2D eigenvalue weighted by atomic mass is 32.1. The van der Waals surface area contributed by atoms with Gasteiger partial charge in [0.2, 0.25) is 0 Å². The minimum atomic E-state index is -0.591. The lowest BCUT2D eigenvalue weighted by Gasteiger charge is -2.34. The number of nitrogens with zero attached hydrogens (tertiary/aromatic N) is 1. The molecular formula is C28H25N3O4S. The van der Waals surface area contributed by atoms with E-state index in [2.05, 4.69) is 16.5 Å². The Kier molecular flexibility index (Phi) is 5.53. The maximum Gasteiger partial charge on any atom is 0.277 e. The summed E-state index contributed by atoms with van der Waals surface area (Å²) in [7, 11) is 3.16. The lowest BCUT2D eigenvalue weighted by Crippen LogP contribution is -2.32. The van der Waals surface area contributed by atoms with Crippen LogP contribution in [0.4, 0.5) is 5.82 Å². The average molecular weight is 500 g/mol. The molecule has 2 aromatic heterocycles. The highest BCUT2D eigenvalue weighted by molar-refractivity contribution is 7.10. The summed E-state index contributed by atoms with van der Waals surface area (Å²) >= 11 is 1.67. The molecule has 0 fully saturated rings. The molecule has 36 heavy (non-hydrogen) atoms. The lowest BCUT2D eigenvalue weighted by atomic mass is 9.73. The number of hydrogen-bond donors (Lipinski definition) is 2. The number of nitrogens with one attached hydrogen (secondary N) is 2. The molecule has 1 aliphatic carbocycles. The molecule has 0 unspecified atom stereocenters. The summed E-state index contributed by atoms with van der Waals surface area (Å²) in [6.45, 7) is 0. The van der Waals surface area contributed by atoms with Crippen molar-refractivity contribution in [2.75, 3.05) is 19.5 Å². The number of carbonyl (C=O) groups excluding carboxylic acids is 1. The maximum absolute atomic E-state index is 13.9. The molecule has 2 atom stereocenters. The number of carbonyl (C=O) groups is 1. The monoisotopic (exact) mass is 499 g/mol. The van der Waals surface area contributed by atoms with E-state index in [4.69, 9.17) is 9.47 Å². The molecule has 2 N–H and O–H groups in total. The molecule has 0 saturated heterocycles. The number of Topliss-reactive ketones (excluding diaryl/α,β-unsaturated/α-hetero) is 1. The van der Waals surface area contributed by atoms with Gasteiger partial charge in [-0.15, -0.1) is 11.3 Å². The number of methoxy groups -OCH3 is 2. The Morgan fingerprint density at radius 3 is 2.50 bits per heavy atom. The Morgan fingerprint density at radius 2 is 1.78 bits per heavy atom. The second kappa shape index (κ2) is 8.87. The molecule has 1 aliphatic heterocycles. The predicted octanol–water partition coefficient (Wildman–Crippen LogP) is 5.20. The number of benzene rings is 2. The highest BCUT2D eigenvalue weighted by Gasteiger charge is 2.42. The first-order chi connectivity index (χ1) is 17.6. The summed E-state index contributed by atoms with van der Waals surface area (Å²) in [5.41, 5.74) is 3.19. The number of aromatic nitrogens is 2. The van der Waals surface area contributed by atoms with Crippen LogP contribution in [-0.2, 0) is 4.79 Å². The van der Waals surface area contributed by atoms with Crippen LogP contribution in [0.2, 0.25) is 0 Å². The number of aromatic amines is 1. The lowest BCUT2D eigenvalue weighted by molar-refractivity contribution is -0.116. The topological polar surface area (TPSA) is 85.4 Å². The first kappa shape index (κ1) is 22.4. The van der Waals surface area contributed by atoms with Crippen LogP contribution in [0.15, 0.2) is 82.1 Å². The van der Waals surface area contributed by atoms with E-state index >= 15 is 0 Å². The van der Waals surface area contributed by atoms with Crippen LogP contribution in [0.25, 0.3) is 5.69 Å². The quantitative estimate of drug-likeness (QED) is 0.394. The molecule has 2 aromatic carbocycles. The van der Waals surface area contributed by atoms with Crippen molar-refractivity contribution in [3.8, 4) is 17.2 Å². The number of ketones is 1. The Morgan fingerprint density at radius 1 is 0.944 bits per heavy atom. The summed E-state index contributed by atoms with van der Waals surface area (Å²) < 4.78 is 12.8. The number of rotatable bonds is 5. The van der Waals surface area contributed by atoms with E-state index in [9.17, 15) is 9.59 Å². The SMILES string of the molecule is COc1cccc([C@@H]2C3=C(C[C@@H](c4cccs4)CC3=O)Nc3[nH]n(-c4ccccc4)c(=O)c32)c1OC. The second-order valence-electron chi connectivity index (χ2n) is 8.95. The van der Waals surface area contributed by atoms with Crippen LogP contribution >= 0.6 is 11.3 Å². The van der Waals surface area contributed by atoms with Crippen molar-refractivity contribution in [1.82, 2.24) is 9.78 Å². The zero-order chi connectivity index (χ0) is 24.8. The third kappa shape index (κ3) is 3.48. The third-order valence-electron chi connectivity index (χ3n) is 6.99. The van der Waals surface area contributed by atoms with E-state index in [0.717, 1.165) is 16.9 Å². The number of H-pyrrole nitrogens is 1. The van der Waals surface area contributed by atoms with Gasteiger partial charge in [0.15, 0.2) is 17.3 Å². The summed E-state index contributed by atoms with van der Waals surface area (Å²) in [6, 6.07) is 19.1. The normalized spacial score (nSPS) is 18.9. The fourth-order valence-electron chi connectivity index (χ4n) is 5.43. The zero-order valence-electron chi connectivity index (χ0n) is 19.9. The number of hydrogen-bond acceptors (Lipinski definition) is 6. The van der Waals surface area contributed by atoms with Crippen molar-refractivity contribution in [1.29, 1.82) is 0 Å². The molecule has 8 heteroatoms. The minimum Gasteiger partial charge on any atom is -0.493 e. The minimum absolute atomic E-state index is 0.0366. The molecule has 182 valence electrons. The first-order valence-corrected chi connectivity index (χ1v) is 12.7. The Labute approximate surface area is 212 Å². The molecule has 2 aliphatic rings. The van der Waals surface area contributed by atoms with Crippen LogP contribution in [0.5, 0.6) is 11.5 Å². The van der Waals surface area contributed by atoms with Gasteiger partial charge in [0.05, 0.1) is 31.4 Å². The summed E-state index contributed by atoms with van der Waals surface area (Å²) in [4.78, 5) is 28.8. The average Bonchev–Trinajstić information content (AvgIpc) is 3.56. The van der Waals surface area contributed by atoms with E-state index in [0.29, 0.717) is 41.3 Å². The molecule has 4 aromatic rings. The number of fused-ring (bicyclic) bond motifs is 1. The van der Waals surface area contributed by atoms with Crippen molar-refractivity contribution in [2.24, 2.45) is 0 Å². The Hall–Kier alpha value is -4.04. The largest absolute Gasteiger partial charge is 0.493 e. The van der Waals surface area contributed by atoms with E-state index in [1.165, 1.54) is 9.56 Å². The zero-order valence-corrected chi connectivity index (χ0v) is 20.7. The van der Waals surface area contributed by atoms with Crippen molar-refractivity contribution in [3.05, 3.63) is 104 Å². The van der Waals surface area contributed by atoms with Gasteiger partial charge in [-0.25, -0.2) is 4.68 Å². The number of allylic oxidation sites excluding steroid dienone is 2. The van der Waals surface area contributed by atoms with Gasteiger partial charge in [0.1, 0.15) is 5.82 Å². The van der Waals surface area contributed by atoms with Crippen molar-refractivity contribution in [2.45, 2.75) is 24.7 Å². The molecule has 0 saturated carbocycles. The van der Waals surface area contributed by atoms with E-state index in [1.807, 2.05) is 60.0 Å².